The van der Waals surface area contributed by atoms with E-state index in [9.17, 15) is 0 Å². The van der Waals surface area contributed by atoms with Crippen molar-refractivity contribution in [1.82, 2.24) is 0 Å². The van der Waals surface area contributed by atoms with Gasteiger partial charge in [-0.3, -0.25) is 0 Å². The van der Waals surface area contributed by atoms with Crippen molar-refractivity contribution < 1.29 is 0 Å². The van der Waals surface area contributed by atoms with E-state index in [0.29, 0.717) is 0 Å². The quantitative estimate of drug-likeness (QED) is 0.402. The Bertz CT molecular complexity index is 467. The van der Waals surface area contributed by atoms with Crippen LogP contribution < -0.4 is 0 Å². The topological polar surface area (TPSA) is 0 Å². The van der Waals surface area contributed by atoms with Crippen molar-refractivity contribution in [3.63, 3.8) is 0 Å². The van der Waals surface area contributed by atoms with Crippen molar-refractivity contribution in [2.45, 2.75) is 19.5 Å². The molecule has 0 N–H and O–H groups in total. The largest absolute Gasteiger partial charge is 0.167 e. The summed E-state index contributed by atoms with van der Waals surface area (Å²) in [7, 11) is 0. The van der Waals surface area contributed by atoms with E-state index < -0.39 is 14.1 Å². The number of allylic oxidation sites excluding steroid dienone is 4. The lowest BCUT2D eigenvalue weighted by atomic mass is 9.84. The molecule has 0 spiro atoms. The summed E-state index contributed by atoms with van der Waals surface area (Å²) in [5, 5.41) is 0.113. The molecule has 0 aromatic carbocycles. The highest BCUT2D eigenvalue weighted by atomic mass is 35.5. The number of fused-ring (bicyclic) bond motifs is 5. The lowest BCUT2D eigenvalue weighted by Crippen LogP contribution is -2.45. The summed E-state index contributed by atoms with van der Waals surface area (Å²) in [6.45, 7) is 0. The molecular weight excluding hydrogens is 368 g/mol. The average Bonchev–Trinajstić information content (AvgIpc) is 2.73. The standard InChI is InChI=1S/C10H5Cl7/c11-4-2-1-3-5(4)9(15)7(13)6(12)8(3,14)10(9,16)17/h1-5H/t3-,4-,5-,8+,9+/m1/s1. The summed E-state index contributed by atoms with van der Waals surface area (Å²) in [6, 6.07) is 0. The molecule has 3 aliphatic rings. The van der Waals surface area contributed by atoms with E-state index in [2.05, 4.69) is 0 Å². The smallest absolute Gasteiger partial charge is 0.118 e. The van der Waals surface area contributed by atoms with Crippen LogP contribution in [0.15, 0.2) is 22.2 Å². The van der Waals surface area contributed by atoms with Gasteiger partial charge in [-0.25, -0.2) is 0 Å². The van der Waals surface area contributed by atoms with E-state index in [-0.39, 0.29) is 27.3 Å². The SMILES string of the molecule is ClC1=C(Cl)[C@@]2(Cl)[C@@H]3C=C[C@@H](Cl)[C@@H]3[C@@]1(Cl)C2(Cl)Cl. The molecule has 94 valence electrons. The normalized spacial score (nSPS) is 54.6. The van der Waals surface area contributed by atoms with Gasteiger partial charge in [-0.15, -0.1) is 34.8 Å². The van der Waals surface area contributed by atoms with Crippen LogP contribution in [-0.2, 0) is 0 Å². The molecule has 0 nitrogen and oxygen atoms in total. The van der Waals surface area contributed by atoms with Crippen LogP contribution in [0, 0.1) is 11.8 Å². The molecule has 0 unspecified atom stereocenters. The zero-order valence-electron chi connectivity index (χ0n) is 8.03. The number of hydrogen-bond acceptors (Lipinski definition) is 0. The number of rotatable bonds is 0. The van der Waals surface area contributed by atoms with Gasteiger partial charge in [0.15, 0.2) is 4.33 Å². The minimum absolute atomic E-state index is 0.205. The average molecular weight is 373 g/mol. The predicted molar refractivity (Wildman–Crippen MR) is 76.1 cm³/mol. The number of alkyl halides is 5. The predicted octanol–water partition coefficient (Wildman–Crippen LogP) is 5.24. The van der Waals surface area contributed by atoms with E-state index >= 15 is 0 Å². The summed E-state index contributed by atoms with van der Waals surface area (Å²) >= 11 is 44.5. The zero-order chi connectivity index (χ0) is 12.8. The minimum atomic E-state index is -1.48. The van der Waals surface area contributed by atoms with Crippen LogP contribution in [0.1, 0.15) is 0 Å². The fourth-order valence-electron chi connectivity index (χ4n) is 3.08. The maximum absolute atomic E-state index is 6.57. The van der Waals surface area contributed by atoms with Crippen molar-refractivity contribution in [1.29, 1.82) is 0 Å². The Kier molecular flexibility index (Phi) is 2.84. The highest BCUT2D eigenvalue weighted by Crippen LogP contribution is 2.78. The molecule has 7 heteroatoms. The summed E-state index contributed by atoms with van der Waals surface area (Å²) in [6.07, 6.45) is 3.69. The highest BCUT2D eigenvalue weighted by Gasteiger charge is 2.83. The van der Waals surface area contributed by atoms with Crippen LogP contribution in [0.25, 0.3) is 0 Å². The molecule has 2 bridgehead atoms. The van der Waals surface area contributed by atoms with Gasteiger partial charge in [0.1, 0.15) is 9.75 Å². The zero-order valence-corrected chi connectivity index (χ0v) is 13.3. The van der Waals surface area contributed by atoms with Gasteiger partial charge in [-0.1, -0.05) is 58.6 Å². The van der Waals surface area contributed by atoms with Crippen molar-refractivity contribution in [3.8, 4) is 0 Å². The lowest BCUT2D eigenvalue weighted by molar-refractivity contribution is 0.420. The second kappa shape index (κ2) is 3.58. The lowest BCUT2D eigenvalue weighted by Gasteiger charge is -2.34. The van der Waals surface area contributed by atoms with Crippen LogP contribution in [0.2, 0.25) is 0 Å². The van der Waals surface area contributed by atoms with Gasteiger partial charge in [0.25, 0.3) is 0 Å². The molecule has 17 heavy (non-hydrogen) atoms. The minimum Gasteiger partial charge on any atom is -0.118 e. The Hall–Kier alpha value is 1.51. The van der Waals surface area contributed by atoms with Crippen LogP contribution in [-0.4, -0.2) is 19.5 Å². The van der Waals surface area contributed by atoms with Crippen molar-refractivity contribution >= 4 is 81.2 Å². The van der Waals surface area contributed by atoms with E-state index in [0.717, 1.165) is 0 Å². The molecule has 0 heterocycles. The summed E-state index contributed by atoms with van der Waals surface area (Å²) in [4.78, 5) is -2.45. The molecular formula is C10H5Cl7. The first kappa shape index (κ1) is 13.5. The first-order valence-electron chi connectivity index (χ1n) is 4.85. The molecule has 5 atom stereocenters. The molecule has 3 rings (SSSR count). The van der Waals surface area contributed by atoms with E-state index in [1.165, 1.54) is 0 Å². The maximum Gasteiger partial charge on any atom is 0.167 e. The molecule has 0 amide bonds. The highest BCUT2D eigenvalue weighted by molar-refractivity contribution is 6.66. The molecule has 1 fully saturated rings. The van der Waals surface area contributed by atoms with Crippen LogP contribution >= 0.6 is 81.2 Å². The molecule has 0 aliphatic heterocycles. The van der Waals surface area contributed by atoms with Gasteiger partial charge in [-0.05, 0) is 0 Å². The molecule has 0 aromatic rings. The van der Waals surface area contributed by atoms with Crippen LogP contribution in [0.4, 0.5) is 0 Å². The molecule has 1 saturated carbocycles. The second-order valence-electron chi connectivity index (χ2n) is 4.51. The second-order valence-corrected chi connectivity index (χ2v) is 8.29. The Labute approximate surface area is 134 Å². The van der Waals surface area contributed by atoms with Crippen molar-refractivity contribution in [2.24, 2.45) is 11.8 Å². The van der Waals surface area contributed by atoms with Crippen LogP contribution in [0.5, 0.6) is 0 Å². The van der Waals surface area contributed by atoms with Gasteiger partial charge in [0.2, 0.25) is 0 Å². The third-order valence-corrected chi connectivity index (χ3v) is 8.61. The Morgan fingerprint density at radius 1 is 0.882 bits per heavy atom. The molecule has 0 radical (unpaired) electrons. The van der Waals surface area contributed by atoms with Gasteiger partial charge in [0, 0.05) is 11.8 Å². The Balaban J connectivity index is 2.32. The van der Waals surface area contributed by atoms with Gasteiger partial charge >= 0.3 is 0 Å². The third-order valence-electron chi connectivity index (χ3n) is 3.90. The van der Waals surface area contributed by atoms with Gasteiger partial charge in [-0.2, -0.15) is 0 Å². The van der Waals surface area contributed by atoms with Gasteiger partial charge in [0.05, 0.1) is 15.4 Å². The molecule has 0 saturated heterocycles. The Morgan fingerprint density at radius 2 is 1.41 bits per heavy atom. The van der Waals surface area contributed by atoms with Crippen LogP contribution in [0.3, 0.4) is 0 Å². The number of hydrogen-bond donors (Lipinski definition) is 0. The Morgan fingerprint density at radius 3 is 2.00 bits per heavy atom. The number of halogens is 7. The fraction of sp³-hybridized carbons (Fsp3) is 0.600. The molecule has 0 aromatic heterocycles. The van der Waals surface area contributed by atoms with Crippen molar-refractivity contribution in [2.75, 3.05) is 0 Å². The summed E-state index contributed by atoms with van der Waals surface area (Å²) < 4.78 is -1.48. The first-order valence-corrected chi connectivity index (χ1v) is 7.55. The third kappa shape index (κ3) is 1.15. The molecule has 3 aliphatic carbocycles. The van der Waals surface area contributed by atoms with Crippen molar-refractivity contribution in [3.05, 3.63) is 22.2 Å². The van der Waals surface area contributed by atoms with E-state index in [4.69, 9.17) is 81.2 Å². The first-order chi connectivity index (χ1) is 7.70. The van der Waals surface area contributed by atoms with E-state index in [1.54, 1.807) is 0 Å². The maximum atomic E-state index is 6.57. The van der Waals surface area contributed by atoms with Gasteiger partial charge < -0.3 is 0 Å². The monoisotopic (exact) mass is 370 g/mol. The summed E-state index contributed by atoms with van der Waals surface area (Å²) in [5.74, 6) is -0.470. The summed E-state index contributed by atoms with van der Waals surface area (Å²) in [5.41, 5.74) is 0. The van der Waals surface area contributed by atoms with E-state index in [1.807, 2.05) is 12.2 Å². The fourth-order valence-corrected chi connectivity index (χ4v) is 6.60.